The average molecular weight is 770 g/mol. The third-order valence-corrected chi connectivity index (χ3v) is 11.0. The Morgan fingerprint density at radius 1 is 0.929 bits per heavy atom. The summed E-state index contributed by atoms with van der Waals surface area (Å²) in [5.41, 5.74) is 3.96. The number of hydrogen-bond donors (Lipinski definition) is 3. The van der Waals surface area contributed by atoms with Crippen LogP contribution >= 0.6 is 0 Å². The molecule has 2 fully saturated rings. The van der Waals surface area contributed by atoms with Crippen molar-refractivity contribution in [2.45, 2.75) is 95.5 Å². The van der Waals surface area contributed by atoms with Crippen molar-refractivity contribution in [1.29, 1.82) is 0 Å². The van der Waals surface area contributed by atoms with E-state index in [0.29, 0.717) is 60.9 Å². The minimum atomic E-state index is -0.648. The van der Waals surface area contributed by atoms with Crippen LogP contribution < -0.4 is 30.4 Å². The Kier molecular flexibility index (Phi) is 14.1. The third-order valence-electron chi connectivity index (χ3n) is 11.0. The number of amides is 3. The van der Waals surface area contributed by atoms with Crippen LogP contribution in [0.1, 0.15) is 94.2 Å². The van der Waals surface area contributed by atoms with E-state index in [1.807, 2.05) is 24.3 Å². The lowest BCUT2D eigenvalue weighted by Crippen LogP contribution is -2.46. The Bertz CT molecular complexity index is 1990. The minimum absolute atomic E-state index is 0.0578. The number of imide groups is 1. The van der Waals surface area contributed by atoms with Gasteiger partial charge in [-0.05, 0) is 88.0 Å². The summed E-state index contributed by atoms with van der Waals surface area (Å²) in [5.74, 6) is 1.75. The first-order chi connectivity index (χ1) is 27.2. The van der Waals surface area contributed by atoms with Crippen molar-refractivity contribution in [1.82, 2.24) is 35.3 Å². The van der Waals surface area contributed by atoms with Crippen molar-refractivity contribution in [2.24, 2.45) is 7.05 Å². The molecule has 1 atom stereocenters. The van der Waals surface area contributed by atoms with Gasteiger partial charge in [0.25, 0.3) is 11.5 Å². The molecule has 0 aliphatic carbocycles. The fourth-order valence-corrected chi connectivity index (χ4v) is 7.78. The van der Waals surface area contributed by atoms with Crippen molar-refractivity contribution in [3.8, 4) is 28.4 Å². The van der Waals surface area contributed by atoms with E-state index >= 15 is 0 Å². The standard InChI is InChI=1S/C42H55N7O7/c1-48-27-33(32-26-45-47-40(32)42(48)53)29-23-36(54-2)31(37(24-29)55-3)11-10-12-38(50)43-19-8-6-4-5-7-9-20-49-21-17-28(18-22-49)34-14-13-30(25-44-34)56-35-15-16-39(51)46-41(35)52/h13-14,23-28,35H,4-12,15-22H2,1-3H3,(H,43,50)(H,45,47)(H,46,51,52). The number of methoxy groups -OCH3 is 2. The minimum Gasteiger partial charge on any atom is -0.496 e. The molecular weight excluding hydrogens is 715 g/mol. The highest BCUT2D eigenvalue weighted by Gasteiger charge is 2.28. The summed E-state index contributed by atoms with van der Waals surface area (Å²) in [4.78, 5) is 55.7. The van der Waals surface area contributed by atoms with E-state index in [4.69, 9.17) is 14.2 Å². The van der Waals surface area contributed by atoms with Crippen molar-refractivity contribution >= 4 is 28.6 Å². The Morgan fingerprint density at radius 3 is 2.36 bits per heavy atom. The molecule has 6 rings (SSSR count). The number of piperidine rings is 2. The maximum atomic E-state index is 12.6. The molecule has 1 aromatic carbocycles. The van der Waals surface area contributed by atoms with Crippen LogP contribution in [-0.2, 0) is 27.9 Å². The van der Waals surface area contributed by atoms with E-state index in [-0.39, 0.29) is 29.7 Å². The number of likely N-dealkylation sites (tertiary alicyclic amines) is 1. The fraction of sp³-hybridized carbons (Fsp3) is 0.524. The number of carbonyl (C=O) groups is 3. The van der Waals surface area contributed by atoms with Gasteiger partial charge < -0.3 is 29.0 Å². The number of H-pyrrole nitrogens is 1. The normalized spacial score (nSPS) is 16.5. The molecule has 300 valence electrons. The molecule has 2 saturated heterocycles. The molecule has 5 heterocycles. The van der Waals surface area contributed by atoms with Gasteiger partial charge in [-0.15, -0.1) is 0 Å². The molecule has 3 N–H and O–H groups in total. The van der Waals surface area contributed by atoms with Crippen LogP contribution in [0.5, 0.6) is 17.2 Å². The van der Waals surface area contributed by atoms with Crippen molar-refractivity contribution in [2.75, 3.05) is 40.4 Å². The molecule has 4 aromatic rings. The van der Waals surface area contributed by atoms with Gasteiger partial charge in [0.05, 0.1) is 26.6 Å². The van der Waals surface area contributed by atoms with Crippen LogP contribution in [0.4, 0.5) is 0 Å². The van der Waals surface area contributed by atoms with E-state index in [1.54, 1.807) is 39.9 Å². The lowest BCUT2D eigenvalue weighted by atomic mass is 9.93. The Balaban J connectivity index is 0.813. The van der Waals surface area contributed by atoms with Gasteiger partial charge in [-0.3, -0.25) is 34.6 Å². The van der Waals surface area contributed by atoms with Gasteiger partial charge in [0, 0.05) is 67.2 Å². The quantitative estimate of drug-likeness (QED) is 0.0853. The van der Waals surface area contributed by atoms with Gasteiger partial charge in [0.1, 0.15) is 22.8 Å². The SMILES string of the molecule is COc1cc(-c2cn(C)c(=O)c3[nH]ncc23)cc(OC)c1CCCC(=O)NCCCCCCCCN1CCC(c2ccc(OC3CCC(=O)NC3=O)cn2)CC1. The second-order valence-corrected chi connectivity index (χ2v) is 14.9. The van der Waals surface area contributed by atoms with E-state index in [1.165, 1.54) is 30.3 Å². The summed E-state index contributed by atoms with van der Waals surface area (Å²) in [5, 5.41) is 13.0. The Labute approximate surface area is 327 Å². The number of pyridine rings is 2. The van der Waals surface area contributed by atoms with Crippen LogP contribution in [0.25, 0.3) is 22.0 Å². The highest BCUT2D eigenvalue weighted by molar-refractivity contribution is 6.00. The first-order valence-corrected chi connectivity index (χ1v) is 20.0. The number of hydrogen-bond acceptors (Lipinski definition) is 10. The summed E-state index contributed by atoms with van der Waals surface area (Å²) in [6.45, 7) is 3.96. The summed E-state index contributed by atoms with van der Waals surface area (Å²) >= 11 is 0. The maximum Gasteiger partial charge on any atom is 0.276 e. The third kappa shape index (κ3) is 10.3. The highest BCUT2D eigenvalue weighted by Crippen LogP contribution is 2.38. The van der Waals surface area contributed by atoms with Crippen molar-refractivity contribution in [3.05, 3.63) is 64.5 Å². The second-order valence-electron chi connectivity index (χ2n) is 14.9. The number of aryl methyl sites for hydroxylation is 1. The number of carbonyl (C=O) groups excluding carboxylic acids is 3. The predicted molar refractivity (Wildman–Crippen MR) is 213 cm³/mol. The second kappa shape index (κ2) is 19.6. The summed E-state index contributed by atoms with van der Waals surface area (Å²) in [6.07, 6.45) is 15.9. The van der Waals surface area contributed by atoms with Gasteiger partial charge in [0.15, 0.2) is 6.10 Å². The van der Waals surface area contributed by atoms with Crippen LogP contribution in [0.3, 0.4) is 0 Å². The van der Waals surface area contributed by atoms with Gasteiger partial charge in [-0.2, -0.15) is 5.10 Å². The largest absolute Gasteiger partial charge is 0.496 e. The molecule has 1 unspecified atom stereocenters. The molecule has 3 aromatic heterocycles. The van der Waals surface area contributed by atoms with Crippen LogP contribution in [0.15, 0.2) is 47.7 Å². The Morgan fingerprint density at radius 2 is 1.66 bits per heavy atom. The molecule has 0 radical (unpaired) electrons. The fourth-order valence-electron chi connectivity index (χ4n) is 7.78. The maximum absolute atomic E-state index is 12.6. The number of aromatic amines is 1. The first kappa shape index (κ1) is 40.4. The molecule has 2 aliphatic rings. The zero-order valence-corrected chi connectivity index (χ0v) is 32.9. The van der Waals surface area contributed by atoms with Gasteiger partial charge >= 0.3 is 0 Å². The van der Waals surface area contributed by atoms with Crippen molar-refractivity contribution < 1.29 is 28.6 Å². The van der Waals surface area contributed by atoms with Gasteiger partial charge in [-0.1, -0.05) is 25.7 Å². The molecule has 0 bridgehead atoms. The zero-order chi connectivity index (χ0) is 39.4. The predicted octanol–water partition coefficient (Wildman–Crippen LogP) is 5.18. The number of fused-ring (bicyclic) bond motifs is 1. The molecule has 0 spiro atoms. The average Bonchev–Trinajstić information content (AvgIpc) is 3.71. The molecule has 14 heteroatoms. The van der Waals surface area contributed by atoms with E-state index in [9.17, 15) is 19.2 Å². The van der Waals surface area contributed by atoms with E-state index < -0.39 is 6.10 Å². The van der Waals surface area contributed by atoms with Crippen LogP contribution in [0.2, 0.25) is 0 Å². The lowest BCUT2D eigenvalue weighted by molar-refractivity contribution is -0.138. The van der Waals surface area contributed by atoms with Crippen LogP contribution in [-0.4, -0.2) is 88.9 Å². The number of rotatable bonds is 19. The smallest absolute Gasteiger partial charge is 0.276 e. The number of aromatic nitrogens is 4. The molecule has 14 nitrogen and oxygen atoms in total. The monoisotopic (exact) mass is 769 g/mol. The highest BCUT2D eigenvalue weighted by atomic mass is 16.5. The Hall–Kier alpha value is -5.24. The topological polar surface area (TPSA) is 170 Å². The number of ether oxygens (including phenoxy) is 3. The van der Waals surface area contributed by atoms with Gasteiger partial charge in [-0.25, -0.2) is 0 Å². The number of nitrogens with zero attached hydrogens (tertiary/aromatic N) is 4. The number of benzene rings is 1. The molecule has 3 amide bonds. The van der Waals surface area contributed by atoms with E-state index in [0.717, 1.165) is 73.1 Å². The lowest BCUT2D eigenvalue weighted by Gasteiger charge is -2.31. The van der Waals surface area contributed by atoms with E-state index in [2.05, 4.69) is 30.7 Å². The summed E-state index contributed by atoms with van der Waals surface area (Å²) < 4.78 is 18.8. The first-order valence-electron chi connectivity index (χ1n) is 20.0. The molecule has 56 heavy (non-hydrogen) atoms. The molecule has 0 saturated carbocycles. The van der Waals surface area contributed by atoms with Gasteiger partial charge in [0.2, 0.25) is 11.8 Å². The summed E-state index contributed by atoms with van der Waals surface area (Å²) in [6, 6.07) is 7.77. The molecular formula is C42H55N7O7. The van der Waals surface area contributed by atoms with Crippen molar-refractivity contribution in [3.63, 3.8) is 0 Å². The molecule has 2 aliphatic heterocycles. The summed E-state index contributed by atoms with van der Waals surface area (Å²) in [7, 11) is 4.96. The van der Waals surface area contributed by atoms with Crippen LogP contribution in [0, 0.1) is 0 Å². The number of unbranched alkanes of at least 4 members (excludes halogenated alkanes) is 5. The zero-order valence-electron chi connectivity index (χ0n) is 32.9. The number of nitrogens with one attached hydrogen (secondary N) is 3.